The van der Waals surface area contributed by atoms with Crippen LogP contribution in [-0.4, -0.2) is 35.8 Å². The zero-order valence-corrected chi connectivity index (χ0v) is 19.4. The molecule has 3 aromatic carbocycles. The maximum atomic E-state index is 6.51. The van der Waals surface area contributed by atoms with Gasteiger partial charge >= 0.3 is 0 Å². The van der Waals surface area contributed by atoms with E-state index < -0.39 is 5.72 Å². The van der Waals surface area contributed by atoms with Crippen LogP contribution >= 0.6 is 0 Å². The van der Waals surface area contributed by atoms with Crippen molar-refractivity contribution in [3.8, 4) is 0 Å². The van der Waals surface area contributed by atoms with Crippen LogP contribution in [0.3, 0.4) is 0 Å². The number of amidine groups is 1. The Morgan fingerprint density at radius 1 is 0.875 bits per heavy atom. The predicted molar refractivity (Wildman–Crippen MR) is 130 cm³/mol. The van der Waals surface area contributed by atoms with Gasteiger partial charge in [-0.2, -0.15) is 0 Å². The summed E-state index contributed by atoms with van der Waals surface area (Å²) in [6.45, 7) is 8.28. The summed E-state index contributed by atoms with van der Waals surface area (Å²) in [7, 11) is 2.22. The summed E-state index contributed by atoms with van der Waals surface area (Å²) in [4.78, 5) is 11.4. The molecule has 2 atom stereocenters. The van der Waals surface area contributed by atoms with Gasteiger partial charge in [-0.1, -0.05) is 83.5 Å². The van der Waals surface area contributed by atoms with E-state index >= 15 is 0 Å². The highest BCUT2D eigenvalue weighted by atomic mass is 16.7. The third-order valence-electron chi connectivity index (χ3n) is 6.96. The van der Waals surface area contributed by atoms with Gasteiger partial charge in [0.05, 0.1) is 0 Å². The number of hydrogen-bond acceptors (Lipinski definition) is 4. The lowest BCUT2D eigenvalue weighted by Crippen LogP contribution is -2.47. The molecule has 0 spiro atoms. The maximum absolute atomic E-state index is 6.51. The molecule has 2 aliphatic heterocycles. The van der Waals surface area contributed by atoms with Gasteiger partial charge in [-0.3, -0.25) is 4.90 Å². The minimum Gasteiger partial charge on any atom is -0.360 e. The number of oxime groups is 1. The standard InChI is InChI=1S/C28H31N3O/c1-20-17-21(2)26(22(3)18-20)27-29-32-28(24-13-9-6-10-14-24)19-25(23-11-7-5-8-12-23)30(4)15-16-31(27)28/h5-14,17-18,25H,15-16,19H2,1-4H3/t25?,28-/m0/s1. The van der Waals surface area contributed by atoms with Gasteiger partial charge < -0.3 is 9.74 Å². The third-order valence-corrected chi connectivity index (χ3v) is 6.96. The maximum Gasteiger partial charge on any atom is 0.239 e. The van der Waals surface area contributed by atoms with Crippen molar-refractivity contribution in [2.45, 2.75) is 39.0 Å². The highest BCUT2D eigenvalue weighted by molar-refractivity contribution is 6.02. The van der Waals surface area contributed by atoms with E-state index in [4.69, 9.17) is 9.99 Å². The molecule has 4 nitrogen and oxygen atoms in total. The third kappa shape index (κ3) is 3.39. The van der Waals surface area contributed by atoms with Gasteiger partial charge in [0, 0.05) is 36.7 Å². The Hall–Kier alpha value is -3.11. The van der Waals surface area contributed by atoms with Gasteiger partial charge in [0.15, 0.2) is 5.84 Å². The van der Waals surface area contributed by atoms with Crippen molar-refractivity contribution in [1.82, 2.24) is 9.80 Å². The fourth-order valence-electron chi connectivity index (χ4n) is 5.44. The van der Waals surface area contributed by atoms with E-state index in [1.807, 2.05) is 0 Å². The molecule has 164 valence electrons. The molecule has 1 unspecified atom stereocenters. The Morgan fingerprint density at radius 2 is 1.50 bits per heavy atom. The first-order chi connectivity index (χ1) is 15.5. The summed E-state index contributed by atoms with van der Waals surface area (Å²) in [6.07, 6.45) is 0.800. The molecule has 1 fully saturated rings. The molecule has 0 aliphatic carbocycles. The fourth-order valence-corrected chi connectivity index (χ4v) is 5.44. The first-order valence-electron chi connectivity index (χ1n) is 11.4. The number of benzene rings is 3. The molecular weight excluding hydrogens is 394 g/mol. The summed E-state index contributed by atoms with van der Waals surface area (Å²) in [6, 6.07) is 26.1. The van der Waals surface area contributed by atoms with Crippen LogP contribution in [0.4, 0.5) is 0 Å². The lowest BCUT2D eigenvalue weighted by atomic mass is 9.89. The fraction of sp³-hybridized carbons (Fsp3) is 0.321. The van der Waals surface area contributed by atoms with Crippen LogP contribution in [0.25, 0.3) is 0 Å². The number of nitrogens with zero attached hydrogens (tertiary/aromatic N) is 3. The van der Waals surface area contributed by atoms with Gasteiger partial charge in [-0.05, 0) is 44.5 Å². The smallest absolute Gasteiger partial charge is 0.239 e. The lowest BCUT2D eigenvalue weighted by molar-refractivity contribution is -0.112. The Labute approximate surface area is 191 Å². The largest absolute Gasteiger partial charge is 0.360 e. The van der Waals surface area contributed by atoms with E-state index in [0.717, 1.165) is 30.9 Å². The van der Waals surface area contributed by atoms with Crippen molar-refractivity contribution in [2.75, 3.05) is 20.1 Å². The Balaban J connectivity index is 1.64. The molecule has 0 bridgehead atoms. The summed E-state index contributed by atoms with van der Waals surface area (Å²) in [5.74, 6) is 0.950. The van der Waals surface area contributed by atoms with E-state index in [1.165, 1.54) is 27.8 Å². The molecular formula is C28H31N3O. The molecule has 0 aromatic heterocycles. The second-order valence-electron chi connectivity index (χ2n) is 9.19. The van der Waals surface area contributed by atoms with Crippen LogP contribution in [0, 0.1) is 20.8 Å². The summed E-state index contributed by atoms with van der Waals surface area (Å²) in [5, 5.41) is 4.77. The summed E-state index contributed by atoms with van der Waals surface area (Å²) in [5.41, 5.74) is 6.78. The molecule has 3 aromatic rings. The van der Waals surface area contributed by atoms with Crippen LogP contribution in [0.5, 0.6) is 0 Å². The number of hydrogen-bond donors (Lipinski definition) is 0. The Kier molecular flexibility index (Phi) is 5.26. The van der Waals surface area contributed by atoms with Crippen LogP contribution in [-0.2, 0) is 10.6 Å². The molecule has 4 heteroatoms. The molecule has 0 N–H and O–H groups in total. The average Bonchev–Trinajstić information content (AvgIpc) is 3.07. The second-order valence-corrected chi connectivity index (χ2v) is 9.19. The molecule has 5 rings (SSSR count). The number of fused-ring (bicyclic) bond motifs is 1. The van der Waals surface area contributed by atoms with E-state index in [-0.39, 0.29) is 6.04 Å². The van der Waals surface area contributed by atoms with Gasteiger partial charge in [-0.25, -0.2) is 0 Å². The van der Waals surface area contributed by atoms with E-state index in [0.29, 0.717) is 0 Å². The van der Waals surface area contributed by atoms with E-state index in [1.54, 1.807) is 0 Å². The van der Waals surface area contributed by atoms with Crippen LogP contribution in [0.1, 0.15) is 45.8 Å². The molecule has 2 heterocycles. The highest BCUT2D eigenvalue weighted by Gasteiger charge is 2.52. The van der Waals surface area contributed by atoms with E-state index in [2.05, 4.69) is 110 Å². The van der Waals surface area contributed by atoms with Crippen LogP contribution in [0.15, 0.2) is 78.0 Å². The monoisotopic (exact) mass is 425 g/mol. The van der Waals surface area contributed by atoms with E-state index in [9.17, 15) is 0 Å². The molecule has 0 radical (unpaired) electrons. The molecule has 0 amide bonds. The molecule has 1 saturated heterocycles. The van der Waals surface area contributed by atoms with Crippen LogP contribution < -0.4 is 0 Å². The van der Waals surface area contributed by atoms with Crippen LogP contribution in [0.2, 0.25) is 0 Å². The van der Waals surface area contributed by atoms with Crippen molar-refractivity contribution in [3.63, 3.8) is 0 Å². The van der Waals surface area contributed by atoms with Crippen molar-refractivity contribution in [2.24, 2.45) is 5.16 Å². The molecule has 0 saturated carbocycles. The molecule has 2 aliphatic rings. The Bertz CT molecular complexity index is 1120. The van der Waals surface area contributed by atoms with Gasteiger partial charge in [0.25, 0.3) is 0 Å². The quantitative estimate of drug-likeness (QED) is 0.552. The second kappa shape index (κ2) is 8.10. The minimum absolute atomic E-state index is 0.233. The number of rotatable bonds is 3. The summed E-state index contributed by atoms with van der Waals surface area (Å²) < 4.78 is 0. The first kappa shape index (κ1) is 20.8. The SMILES string of the molecule is Cc1cc(C)c(C2=NO[C@]3(c4ccccc4)CC(c4ccccc4)N(C)CCN23)c(C)c1. The number of aryl methyl sites for hydroxylation is 3. The van der Waals surface area contributed by atoms with Crippen molar-refractivity contribution < 1.29 is 4.84 Å². The average molecular weight is 426 g/mol. The van der Waals surface area contributed by atoms with Gasteiger partial charge in [-0.15, -0.1) is 0 Å². The lowest BCUT2D eigenvalue weighted by Gasteiger charge is -2.38. The predicted octanol–water partition coefficient (Wildman–Crippen LogP) is 5.54. The van der Waals surface area contributed by atoms with Crippen molar-refractivity contribution in [1.29, 1.82) is 0 Å². The summed E-state index contributed by atoms with van der Waals surface area (Å²) >= 11 is 0. The van der Waals surface area contributed by atoms with Crippen molar-refractivity contribution in [3.05, 3.63) is 106 Å². The van der Waals surface area contributed by atoms with Crippen molar-refractivity contribution >= 4 is 5.84 Å². The topological polar surface area (TPSA) is 28.1 Å². The van der Waals surface area contributed by atoms with Gasteiger partial charge in [0.2, 0.25) is 5.72 Å². The highest BCUT2D eigenvalue weighted by Crippen LogP contribution is 2.46. The van der Waals surface area contributed by atoms with Gasteiger partial charge in [0.1, 0.15) is 0 Å². The zero-order chi connectivity index (χ0) is 22.3. The molecule has 32 heavy (non-hydrogen) atoms. The minimum atomic E-state index is -0.633. The normalized spacial score (nSPS) is 23.3. The number of likely N-dealkylation sites (N-methyl/N-ethyl adjacent to an activating group) is 1. The zero-order valence-electron chi connectivity index (χ0n) is 19.4. The Morgan fingerprint density at radius 3 is 2.16 bits per heavy atom. The first-order valence-corrected chi connectivity index (χ1v) is 11.4.